The maximum Gasteiger partial charge on any atom is 0.124 e. The first kappa shape index (κ1) is 21.8. The number of para-hydroxylation sites is 1. The Bertz CT molecular complexity index is 1410. The quantitative estimate of drug-likeness (QED) is 0.228. The Kier molecular flexibility index (Phi) is 6.54. The minimum Gasteiger partial charge on any atom is -0.488 e. The molecule has 0 atom stereocenters. The summed E-state index contributed by atoms with van der Waals surface area (Å²) >= 11 is 12.4. The van der Waals surface area contributed by atoms with Gasteiger partial charge in [-0.3, -0.25) is 0 Å². The van der Waals surface area contributed by atoms with E-state index in [0.717, 1.165) is 29.8 Å². The van der Waals surface area contributed by atoms with Gasteiger partial charge in [0.05, 0.1) is 0 Å². The van der Waals surface area contributed by atoms with E-state index >= 15 is 0 Å². The van der Waals surface area contributed by atoms with Gasteiger partial charge in [-0.15, -0.1) is 0 Å². The summed E-state index contributed by atoms with van der Waals surface area (Å²) in [6, 6.07) is 26.5. The molecule has 2 N–H and O–H groups in total. The van der Waals surface area contributed by atoms with Crippen LogP contribution < -0.4 is 10.1 Å². The molecule has 4 aromatic carbocycles. The van der Waals surface area contributed by atoms with E-state index in [1.165, 1.54) is 27.2 Å². The maximum atomic E-state index is 6.34. The van der Waals surface area contributed by atoms with Crippen molar-refractivity contribution in [2.45, 2.75) is 19.6 Å². The van der Waals surface area contributed by atoms with Gasteiger partial charge in [-0.2, -0.15) is 0 Å². The molecule has 0 spiro atoms. The lowest BCUT2D eigenvalue weighted by molar-refractivity contribution is 0.303. The van der Waals surface area contributed by atoms with Crippen molar-refractivity contribution in [2.24, 2.45) is 0 Å². The molecule has 5 rings (SSSR count). The van der Waals surface area contributed by atoms with Gasteiger partial charge < -0.3 is 15.0 Å². The van der Waals surface area contributed by atoms with E-state index in [-0.39, 0.29) is 0 Å². The molecule has 5 heteroatoms. The molecule has 0 saturated heterocycles. The summed E-state index contributed by atoms with van der Waals surface area (Å²) in [5.74, 6) is 0.860. The molecule has 0 aliphatic carbocycles. The fraction of sp³-hybridized carbons (Fsp3) is 0.143. The van der Waals surface area contributed by atoms with Gasteiger partial charge in [-0.1, -0.05) is 77.8 Å². The van der Waals surface area contributed by atoms with E-state index in [0.29, 0.717) is 23.2 Å². The molecule has 0 fully saturated rings. The Balaban J connectivity index is 1.32. The molecule has 0 unspecified atom stereocenters. The summed E-state index contributed by atoms with van der Waals surface area (Å²) in [5.41, 5.74) is 4.56. The van der Waals surface area contributed by atoms with Gasteiger partial charge in [0.25, 0.3) is 0 Å². The molecule has 1 heterocycles. The molecule has 166 valence electrons. The summed E-state index contributed by atoms with van der Waals surface area (Å²) < 4.78 is 6.24. The highest BCUT2D eigenvalue weighted by Crippen LogP contribution is 2.30. The van der Waals surface area contributed by atoms with Crippen LogP contribution in [0.25, 0.3) is 21.7 Å². The van der Waals surface area contributed by atoms with E-state index < -0.39 is 0 Å². The Morgan fingerprint density at radius 2 is 1.64 bits per heavy atom. The van der Waals surface area contributed by atoms with Crippen LogP contribution in [-0.2, 0) is 19.6 Å². The average Bonchev–Trinajstić information content (AvgIpc) is 3.25. The van der Waals surface area contributed by atoms with Crippen LogP contribution in [0.4, 0.5) is 0 Å². The van der Waals surface area contributed by atoms with Gasteiger partial charge in [0.15, 0.2) is 0 Å². The third kappa shape index (κ3) is 4.86. The van der Waals surface area contributed by atoms with E-state index in [1.54, 1.807) is 6.07 Å². The van der Waals surface area contributed by atoms with Crippen LogP contribution in [0.15, 0.2) is 85.1 Å². The largest absolute Gasteiger partial charge is 0.488 e. The predicted octanol–water partition coefficient (Wildman–Crippen LogP) is 7.54. The van der Waals surface area contributed by atoms with Crippen molar-refractivity contribution < 1.29 is 4.74 Å². The number of fused-ring (bicyclic) bond motifs is 2. The number of hydrogen-bond acceptors (Lipinski definition) is 2. The minimum atomic E-state index is 0.386. The zero-order chi connectivity index (χ0) is 22.6. The number of ether oxygens (including phenoxy) is 1. The highest BCUT2D eigenvalue weighted by Gasteiger charge is 2.11. The first-order valence-electron chi connectivity index (χ1n) is 11.0. The molecule has 33 heavy (non-hydrogen) atoms. The lowest BCUT2D eigenvalue weighted by Gasteiger charge is -2.16. The van der Waals surface area contributed by atoms with Crippen molar-refractivity contribution in [3.63, 3.8) is 0 Å². The molecule has 1 aromatic heterocycles. The second-order valence-electron chi connectivity index (χ2n) is 8.07. The van der Waals surface area contributed by atoms with Gasteiger partial charge in [0, 0.05) is 44.8 Å². The topological polar surface area (TPSA) is 37.0 Å². The summed E-state index contributed by atoms with van der Waals surface area (Å²) in [5, 5.41) is 8.52. The Labute approximate surface area is 203 Å². The number of hydrogen-bond donors (Lipinski definition) is 2. The van der Waals surface area contributed by atoms with Crippen molar-refractivity contribution in [3.05, 3.63) is 112 Å². The summed E-state index contributed by atoms with van der Waals surface area (Å²) in [6.07, 6.45) is 3.06. The lowest BCUT2D eigenvalue weighted by Crippen LogP contribution is -2.17. The molecular formula is C28H24Cl2N2O. The second-order valence-corrected chi connectivity index (χ2v) is 8.92. The van der Waals surface area contributed by atoms with Gasteiger partial charge in [-0.05, 0) is 53.6 Å². The molecule has 0 radical (unpaired) electrons. The van der Waals surface area contributed by atoms with Crippen LogP contribution in [0.5, 0.6) is 5.75 Å². The zero-order valence-electron chi connectivity index (χ0n) is 18.1. The Hall–Kier alpha value is -2.98. The fourth-order valence-corrected chi connectivity index (χ4v) is 4.67. The number of rotatable bonds is 8. The molecule has 0 bridgehead atoms. The highest BCUT2D eigenvalue weighted by molar-refractivity contribution is 6.35. The van der Waals surface area contributed by atoms with E-state index in [9.17, 15) is 0 Å². The van der Waals surface area contributed by atoms with E-state index in [2.05, 4.69) is 71.1 Å². The summed E-state index contributed by atoms with van der Waals surface area (Å²) in [7, 11) is 0. The van der Waals surface area contributed by atoms with Gasteiger partial charge in [-0.25, -0.2) is 0 Å². The van der Waals surface area contributed by atoms with Gasteiger partial charge >= 0.3 is 0 Å². The van der Waals surface area contributed by atoms with Crippen LogP contribution >= 0.6 is 23.2 Å². The number of nitrogens with one attached hydrogen (secondary N) is 2. The smallest absolute Gasteiger partial charge is 0.124 e. The maximum absolute atomic E-state index is 6.34. The van der Waals surface area contributed by atoms with Crippen molar-refractivity contribution in [1.29, 1.82) is 0 Å². The van der Waals surface area contributed by atoms with Crippen molar-refractivity contribution in [2.75, 3.05) is 6.54 Å². The van der Waals surface area contributed by atoms with E-state index in [1.807, 2.05) is 18.2 Å². The molecule has 3 nitrogen and oxygen atoms in total. The third-order valence-corrected chi connectivity index (χ3v) is 6.53. The van der Waals surface area contributed by atoms with Crippen molar-refractivity contribution >= 4 is 44.9 Å². The zero-order valence-corrected chi connectivity index (χ0v) is 19.6. The number of H-pyrrole nitrogens is 1. The van der Waals surface area contributed by atoms with Crippen molar-refractivity contribution in [1.82, 2.24) is 10.3 Å². The van der Waals surface area contributed by atoms with Crippen LogP contribution in [-0.4, -0.2) is 11.5 Å². The Morgan fingerprint density at radius 1 is 0.818 bits per heavy atom. The standard InChI is InChI=1S/C28H24Cl2N2O/c29-22-11-9-21(26(30)15-22)18-33-28-12-10-19-5-1-2-6-23(19)25(28)17-31-14-13-20-16-32-27-8-4-3-7-24(20)27/h1-12,15-16,31-32H,13-14,17-18H2. The number of aromatic amines is 1. The predicted molar refractivity (Wildman–Crippen MR) is 138 cm³/mol. The van der Waals surface area contributed by atoms with Crippen LogP contribution in [0, 0.1) is 0 Å². The lowest BCUT2D eigenvalue weighted by atomic mass is 10.0. The van der Waals surface area contributed by atoms with Gasteiger partial charge in [0.2, 0.25) is 0 Å². The first-order chi connectivity index (χ1) is 16.2. The Morgan fingerprint density at radius 3 is 2.52 bits per heavy atom. The molecule has 0 aliphatic rings. The summed E-state index contributed by atoms with van der Waals surface area (Å²) in [6.45, 7) is 1.97. The number of benzene rings is 4. The monoisotopic (exact) mass is 474 g/mol. The highest BCUT2D eigenvalue weighted by atomic mass is 35.5. The number of aromatic nitrogens is 1. The second kappa shape index (κ2) is 9.88. The van der Waals surface area contributed by atoms with E-state index in [4.69, 9.17) is 27.9 Å². The van der Waals surface area contributed by atoms with Crippen LogP contribution in [0.3, 0.4) is 0 Å². The minimum absolute atomic E-state index is 0.386. The normalized spacial score (nSPS) is 11.3. The average molecular weight is 475 g/mol. The molecule has 0 saturated carbocycles. The molecular weight excluding hydrogens is 451 g/mol. The molecule has 5 aromatic rings. The van der Waals surface area contributed by atoms with Crippen molar-refractivity contribution in [3.8, 4) is 5.75 Å². The summed E-state index contributed by atoms with van der Waals surface area (Å²) in [4.78, 5) is 3.35. The molecule has 0 aliphatic heterocycles. The SMILES string of the molecule is Clc1ccc(COc2ccc3ccccc3c2CNCCc2c[nH]c3ccccc23)c(Cl)c1. The van der Waals surface area contributed by atoms with Gasteiger partial charge in [0.1, 0.15) is 12.4 Å². The fourth-order valence-electron chi connectivity index (χ4n) is 4.20. The van der Waals surface area contributed by atoms with Crippen LogP contribution in [0.1, 0.15) is 16.7 Å². The molecule has 0 amide bonds. The third-order valence-electron chi connectivity index (χ3n) is 5.94. The van der Waals surface area contributed by atoms with Crippen LogP contribution in [0.2, 0.25) is 10.0 Å². The first-order valence-corrected chi connectivity index (χ1v) is 11.8. The number of halogens is 2.